The van der Waals surface area contributed by atoms with Gasteiger partial charge in [-0.3, -0.25) is 4.79 Å². The highest BCUT2D eigenvalue weighted by Crippen LogP contribution is 2.22. The zero-order chi connectivity index (χ0) is 16.8. The van der Waals surface area contributed by atoms with E-state index < -0.39 is 12.1 Å². The monoisotopic (exact) mass is 375 g/mol. The van der Waals surface area contributed by atoms with E-state index in [-0.39, 0.29) is 12.3 Å². The van der Waals surface area contributed by atoms with Crippen LogP contribution in [0.25, 0.3) is 0 Å². The van der Waals surface area contributed by atoms with Crippen molar-refractivity contribution in [2.45, 2.75) is 19.4 Å². The fourth-order valence-electron chi connectivity index (χ4n) is 2.26. The third-order valence-electron chi connectivity index (χ3n) is 3.37. The molecule has 2 aromatic rings. The van der Waals surface area contributed by atoms with E-state index >= 15 is 0 Å². The quantitative estimate of drug-likeness (QED) is 0.746. The molecule has 0 unspecified atom stereocenters. The van der Waals surface area contributed by atoms with Gasteiger partial charge >= 0.3 is 6.03 Å². The normalized spacial score (nSPS) is 11.6. The third-order valence-corrected chi connectivity index (χ3v) is 3.86. The van der Waals surface area contributed by atoms with Gasteiger partial charge in [-0.1, -0.05) is 46.3 Å². The van der Waals surface area contributed by atoms with Gasteiger partial charge in [0.15, 0.2) is 0 Å². The molecule has 23 heavy (non-hydrogen) atoms. The van der Waals surface area contributed by atoms with E-state index in [1.165, 1.54) is 0 Å². The van der Waals surface area contributed by atoms with Gasteiger partial charge in [0.25, 0.3) is 0 Å². The van der Waals surface area contributed by atoms with E-state index in [0.717, 1.165) is 21.3 Å². The van der Waals surface area contributed by atoms with Gasteiger partial charge in [-0.05, 0) is 36.2 Å². The van der Waals surface area contributed by atoms with Crippen molar-refractivity contribution < 1.29 is 9.59 Å². The minimum Gasteiger partial charge on any atom is -0.352 e. The number of benzene rings is 2. The molecule has 0 radical (unpaired) electrons. The first-order valence-electron chi connectivity index (χ1n) is 7.12. The van der Waals surface area contributed by atoms with Crippen LogP contribution < -0.4 is 16.4 Å². The number of anilines is 1. The molecule has 0 heterocycles. The molecular formula is C17H18BrN3O2. The summed E-state index contributed by atoms with van der Waals surface area (Å²) in [5, 5.41) is 5.47. The summed E-state index contributed by atoms with van der Waals surface area (Å²) in [7, 11) is 0. The van der Waals surface area contributed by atoms with E-state index in [4.69, 9.17) is 5.73 Å². The first-order valence-corrected chi connectivity index (χ1v) is 7.92. The molecule has 0 bridgehead atoms. The number of carbonyl (C=O) groups is 2. The molecule has 0 aromatic heterocycles. The average Bonchev–Trinajstić information content (AvgIpc) is 2.50. The Bertz CT molecular complexity index is 704. The molecule has 120 valence electrons. The molecule has 0 aliphatic carbocycles. The van der Waals surface area contributed by atoms with Crippen molar-refractivity contribution in [1.82, 2.24) is 5.32 Å². The van der Waals surface area contributed by atoms with Gasteiger partial charge in [-0.25, -0.2) is 4.79 Å². The molecule has 0 saturated carbocycles. The van der Waals surface area contributed by atoms with Crippen LogP contribution in [0.2, 0.25) is 0 Å². The fourth-order valence-corrected chi connectivity index (χ4v) is 2.74. The van der Waals surface area contributed by atoms with E-state index in [1.807, 2.05) is 55.5 Å². The zero-order valence-corrected chi connectivity index (χ0v) is 14.3. The number of hydrogen-bond donors (Lipinski definition) is 3. The van der Waals surface area contributed by atoms with Gasteiger partial charge in [0.1, 0.15) is 0 Å². The highest BCUT2D eigenvalue weighted by molar-refractivity contribution is 9.10. The molecular weight excluding hydrogens is 358 g/mol. The summed E-state index contributed by atoms with van der Waals surface area (Å²) in [6, 6.07) is 13.7. The third kappa shape index (κ3) is 5.10. The van der Waals surface area contributed by atoms with Crippen LogP contribution in [0.3, 0.4) is 0 Å². The Labute approximate surface area is 143 Å². The maximum Gasteiger partial charge on any atom is 0.312 e. The topological polar surface area (TPSA) is 84.2 Å². The van der Waals surface area contributed by atoms with E-state index in [1.54, 1.807) is 0 Å². The van der Waals surface area contributed by atoms with Crippen LogP contribution in [0.1, 0.15) is 23.6 Å². The first kappa shape index (κ1) is 17.0. The van der Waals surface area contributed by atoms with E-state index in [2.05, 4.69) is 26.6 Å². The molecule has 0 saturated heterocycles. The molecule has 2 aromatic carbocycles. The van der Waals surface area contributed by atoms with Crippen LogP contribution in [-0.2, 0) is 4.79 Å². The summed E-state index contributed by atoms with van der Waals surface area (Å²) in [5.74, 6) is -0.196. The number of rotatable bonds is 5. The summed E-state index contributed by atoms with van der Waals surface area (Å²) in [6.45, 7) is 1.91. The highest BCUT2D eigenvalue weighted by Gasteiger charge is 2.17. The molecule has 1 atom stereocenters. The van der Waals surface area contributed by atoms with Crippen molar-refractivity contribution in [2.24, 2.45) is 5.73 Å². The molecule has 0 spiro atoms. The van der Waals surface area contributed by atoms with Crippen LogP contribution in [-0.4, -0.2) is 11.9 Å². The van der Waals surface area contributed by atoms with Crippen molar-refractivity contribution in [3.63, 3.8) is 0 Å². The number of nitrogens with two attached hydrogens (primary N) is 1. The summed E-state index contributed by atoms with van der Waals surface area (Å²) >= 11 is 3.39. The predicted molar refractivity (Wildman–Crippen MR) is 94.0 cm³/mol. The zero-order valence-electron chi connectivity index (χ0n) is 12.7. The number of carbonyl (C=O) groups excluding carboxylic acids is 2. The summed E-state index contributed by atoms with van der Waals surface area (Å²) in [5.41, 5.74) is 7.73. The molecule has 5 nitrogen and oxygen atoms in total. The predicted octanol–water partition coefficient (Wildman–Crippen LogP) is 3.50. The number of aryl methyl sites for hydroxylation is 1. The molecule has 3 amide bonds. The lowest BCUT2D eigenvalue weighted by Crippen LogP contribution is -2.35. The number of amides is 3. The molecule has 0 fully saturated rings. The van der Waals surface area contributed by atoms with Gasteiger partial charge in [-0.2, -0.15) is 0 Å². The lowest BCUT2D eigenvalue weighted by atomic mass is 10.0. The van der Waals surface area contributed by atoms with Crippen molar-refractivity contribution in [2.75, 3.05) is 5.32 Å². The number of nitrogens with one attached hydrogen (secondary N) is 2. The Balaban J connectivity index is 2.09. The van der Waals surface area contributed by atoms with Crippen LogP contribution in [0, 0.1) is 6.92 Å². The van der Waals surface area contributed by atoms with E-state index in [9.17, 15) is 9.59 Å². The van der Waals surface area contributed by atoms with E-state index in [0.29, 0.717) is 0 Å². The van der Waals surface area contributed by atoms with Crippen molar-refractivity contribution in [3.8, 4) is 0 Å². The Morgan fingerprint density at radius 1 is 1.17 bits per heavy atom. The summed E-state index contributed by atoms with van der Waals surface area (Å²) in [4.78, 5) is 23.5. The van der Waals surface area contributed by atoms with Gasteiger partial charge in [0.2, 0.25) is 5.91 Å². The van der Waals surface area contributed by atoms with Crippen LogP contribution >= 0.6 is 15.9 Å². The maximum absolute atomic E-state index is 12.3. The average molecular weight is 376 g/mol. The minimum atomic E-state index is -0.661. The summed E-state index contributed by atoms with van der Waals surface area (Å²) in [6.07, 6.45) is 0.0997. The molecule has 0 aliphatic rings. The molecule has 0 aliphatic heterocycles. The number of urea groups is 1. The Kier molecular flexibility index (Phi) is 5.76. The molecule has 2 rings (SSSR count). The second-order valence-electron chi connectivity index (χ2n) is 5.18. The second kappa shape index (κ2) is 7.78. The minimum absolute atomic E-state index is 0.0997. The van der Waals surface area contributed by atoms with Crippen molar-refractivity contribution in [3.05, 3.63) is 64.1 Å². The lowest BCUT2D eigenvalue weighted by molar-refractivity contribution is -0.116. The maximum atomic E-state index is 12.3. The Hall–Kier alpha value is -2.34. The SMILES string of the molecule is Cc1cc(Br)ccc1NC(=O)C[C@H](NC(N)=O)c1ccccc1. The second-order valence-corrected chi connectivity index (χ2v) is 6.10. The number of hydrogen-bond acceptors (Lipinski definition) is 2. The number of primary amides is 1. The summed E-state index contributed by atoms with van der Waals surface area (Å²) < 4.78 is 0.950. The fraction of sp³-hybridized carbons (Fsp3) is 0.176. The Morgan fingerprint density at radius 3 is 2.48 bits per heavy atom. The Morgan fingerprint density at radius 2 is 1.87 bits per heavy atom. The van der Waals surface area contributed by atoms with Gasteiger partial charge in [-0.15, -0.1) is 0 Å². The van der Waals surface area contributed by atoms with Gasteiger partial charge < -0.3 is 16.4 Å². The lowest BCUT2D eigenvalue weighted by Gasteiger charge is -2.18. The van der Waals surface area contributed by atoms with Gasteiger partial charge in [0, 0.05) is 10.2 Å². The smallest absolute Gasteiger partial charge is 0.312 e. The van der Waals surface area contributed by atoms with Gasteiger partial charge in [0.05, 0.1) is 12.5 Å². The van der Waals surface area contributed by atoms with Crippen molar-refractivity contribution in [1.29, 1.82) is 0 Å². The molecule has 4 N–H and O–H groups in total. The van der Waals surface area contributed by atoms with Crippen molar-refractivity contribution >= 4 is 33.6 Å². The number of halogens is 1. The highest BCUT2D eigenvalue weighted by atomic mass is 79.9. The standard InChI is InChI=1S/C17H18BrN3O2/c1-11-9-13(18)7-8-14(11)20-16(22)10-15(21-17(19)23)12-5-3-2-4-6-12/h2-9,15H,10H2,1H3,(H,20,22)(H3,19,21,23)/t15-/m0/s1. The molecule has 6 heteroatoms. The van der Waals surface area contributed by atoms with Crippen LogP contribution in [0.4, 0.5) is 10.5 Å². The first-order chi connectivity index (χ1) is 11.0. The largest absolute Gasteiger partial charge is 0.352 e. The van der Waals surface area contributed by atoms with Crippen LogP contribution in [0.15, 0.2) is 53.0 Å². The van der Waals surface area contributed by atoms with Crippen LogP contribution in [0.5, 0.6) is 0 Å².